The molecule has 1 heterocycles. The van der Waals surface area contributed by atoms with E-state index in [1.807, 2.05) is 41.7 Å². The fraction of sp³-hybridized carbons (Fsp3) is 0.188. The minimum atomic E-state index is -4.86. The quantitative estimate of drug-likeness (QED) is 0.799. The Labute approximate surface area is 123 Å². The number of amides is 1. The van der Waals surface area contributed by atoms with Gasteiger partial charge in [-0.2, -0.15) is 13.2 Å². The molecule has 0 saturated carbocycles. The molecule has 3 rings (SSSR count). The number of carbonyl (C=O) groups excluding carboxylic acids is 1. The van der Waals surface area contributed by atoms with Crippen LogP contribution in [0.3, 0.4) is 0 Å². The Kier molecular flexibility index (Phi) is 3.52. The van der Waals surface area contributed by atoms with Crippen molar-refractivity contribution in [3.05, 3.63) is 48.2 Å². The van der Waals surface area contributed by atoms with E-state index in [9.17, 15) is 18.0 Å². The second kappa shape index (κ2) is 5.36. The molecule has 1 amide bonds. The van der Waals surface area contributed by atoms with Crippen molar-refractivity contribution in [3.8, 4) is 0 Å². The highest BCUT2D eigenvalue weighted by molar-refractivity contribution is 6.07. The maximum Gasteiger partial charge on any atom is 0.471 e. The lowest BCUT2D eigenvalue weighted by Gasteiger charge is -2.09. The first-order chi connectivity index (χ1) is 10.5. The molecule has 0 saturated heterocycles. The van der Waals surface area contributed by atoms with E-state index in [4.69, 9.17) is 4.42 Å². The normalized spacial score (nSPS) is 12.0. The number of hydrogen-bond donors (Lipinski definition) is 1. The number of alkyl halides is 3. The van der Waals surface area contributed by atoms with Crippen LogP contribution in [0.15, 0.2) is 47.1 Å². The number of furan rings is 1. The SMILES string of the molecule is O=C(NCCc1cc2ccccc2c2ccoc12)C(F)(F)F. The van der Waals surface area contributed by atoms with Crippen LogP contribution in [0.4, 0.5) is 13.2 Å². The molecule has 0 unspecified atom stereocenters. The zero-order valence-corrected chi connectivity index (χ0v) is 11.4. The van der Waals surface area contributed by atoms with Crippen LogP contribution in [0.1, 0.15) is 5.56 Å². The second-order valence-electron chi connectivity index (χ2n) is 4.92. The van der Waals surface area contributed by atoms with Crippen molar-refractivity contribution in [2.45, 2.75) is 12.6 Å². The van der Waals surface area contributed by atoms with E-state index in [0.717, 1.165) is 21.7 Å². The van der Waals surface area contributed by atoms with Crippen molar-refractivity contribution < 1.29 is 22.4 Å². The number of carbonyl (C=O) groups is 1. The van der Waals surface area contributed by atoms with Crippen molar-refractivity contribution in [1.82, 2.24) is 5.32 Å². The van der Waals surface area contributed by atoms with Gasteiger partial charge in [0.1, 0.15) is 5.58 Å². The van der Waals surface area contributed by atoms with Gasteiger partial charge >= 0.3 is 12.1 Å². The molecular formula is C16H12F3NO2. The molecular weight excluding hydrogens is 295 g/mol. The molecule has 3 nitrogen and oxygen atoms in total. The number of hydrogen-bond acceptors (Lipinski definition) is 2. The summed E-state index contributed by atoms with van der Waals surface area (Å²) < 4.78 is 41.9. The molecule has 0 aliphatic heterocycles. The van der Waals surface area contributed by atoms with Gasteiger partial charge in [0.15, 0.2) is 0 Å². The Morgan fingerprint density at radius 2 is 1.91 bits per heavy atom. The lowest BCUT2D eigenvalue weighted by Crippen LogP contribution is -2.37. The van der Waals surface area contributed by atoms with Gasteiger partial charge in [-0.25, -0.2) is 0 Å². The summed E-state index contributed by atoms with van der Waals surface area (Å²) in [6, 6.07) is 11.4. The van der Waals surface area contributed by atoms with E-state index in [0.29, 0.717) is 5.58 Å². The fourth-order valence-corrected chi connectivity index (χ4v) is 2.49. The van der Waals surface area contributed by atoms with Crippen LogP contribution in [0.2, 0.25) is 0 Å². The van der Waals surface area contributed by atoms with Crippen LogP contribution >= 0.6 is 0 Å². The molecule has 114 valence electrons. The Balaban J connectivity index is 1.87. The van der Waals surface area contributed by atoms with Crippen LogP contribution in [0, 0.1) is 0 Å². The van der Waals surface area contributed by atoms with Gasteiger partial charge < -0.3 is 9.73 Å². The number of benzene rings is 2. The first-order valence-electron chi connectivity index (χ1n) is 6.69. The van der Waals surface area contributed by atoms with Crippen LogP contribution in [-0.2, 0) is 11.2 Å². The fourth-order valence-electron chi connectivity index (χ4n) is 2.49. The van der Waals surface area contributed by atoms with Gasteiger partial charge in [-0.3, -0.25) is 4.79 Å². The minimum absolute atomic E-state index is 0.105. The molecule has 1 N–H and O–H groups in total. The lowest BCUT2D eigenvalue weighted by molar-refractivity contribution is -0.173. The third-order valence-electron chi connectivity index (χ3n) is 3.47. The van der Waals surface area contributed by atoms with Crippen molar-refractivity contribution in [1.29, 1.82) is 0 Å². The van der Waals surface area contributed by atoms with Gasteiger partial charge in [0.05, 0.1) is 6.26 Å². The average molecular weight is 307 g/mol. The topological polar surface area (TPSA) is 42.2 Å². The van der Waals surface area contributed by atoms with Gasteiger partial charge in [0, 0.05) is 11.9 Å². The highest BCUT2D eigenvalue weighted by atomic mass is 19.4. The molecule has 0 atom stereocenters. The zero-order chi connectivity index (χ0) is 15.7. The van der Waals surface area contributed by atoms with Gasteiger partial charge in [0.25, 0.3) is 0 Å². The summed E-state index contributed by atoms with van der Waals surface area (Å²) in [5.41, 5.74) is 1.40. The Hall–Kier alpha value is -2.50. The van der Waals surface area contributed by atoms with E-state index in [1.54, 1.807) is 6.26 Å². The molecule has 0 radical (unpaired) electrons. The Bertz CT molecular complexity index is 836. The van der Waals surface area contributed by atoms with Gasteiger partial charge in [-0.05, 0) is 34.9 Å². The van der Waals surface area contributed by atoms with Gasteiger partial charge in [-0.15, -0.1) is 0 Å². The summed E-state index contributed by atoms with van der Waals surface area (Å²) >= 11 is 0. The third-order valence-corrected chi connectivity index (χ3v) is 3.47. The monoisotopic (exact) mass is 307 g/mol. The standard InChI is InChI=1S/C16H12F3NO2/c17-16(18,19)15(21)20-7-5-11-9-10-3-1-2-4-12(10)13-6-8-22-14(11)13/h1-4,6,8-9H,5,7H2,(H,20,21). The predicted molar refractivity (Wildman–Crippen MR) is 76.5 cm³/mol. The molecule has 0 bridgehead atoms. The minimum Gasteiger partial charge on any atom is -0.464 e. The summed E-state index contributed by atoms with van der Waals surface area (Å²) in [6.45, 7) is -0.105. The smallest absolute Gasteiger partial charge is 0.464 e. The molecule has 6 heteroatoms. The first-order valence-corrected chi connectivity index (χ1v) is 6.69. The number of nitrogens with one attached hydrogen (secondary N) is 1. The molecule has 0 fully saturated rings. The lowest BCUT2D eigenvalue weighted by atomic mass is 10.0. The van der Waals surface area contributed by atoms with E-state index < -0.39 is 12.1 Å². The second-order valence-corrected chi connectivity index (χ2v) is 4.92. The van der Waals surface area contributed by atoms with E-state index >= 15 is 0 Å². The predicted octanol–water partition coefficient (Wildman–Crippen LogP) is 3.81. The maximum absolute atomic E-state index is 12.2. The van der Waals surface area contributed by atoms with E-state index in [-0.39, 0.29) is 13.0 Å². The zero-order valence-electron chi connectivity index (χ0n) is 11.4. The third kappa shape index (κ3) is 2.64. The largest absolute Gasteiger partial charge is 0.471 e. The van der Waals surface area contributed by atoms with Crippen molar-refractivity contribution >= 4 is 27.6 Å². The Morgan fingerprint density at radius 1 is 1.14 bits per heavy atom. The molecule has 22 heavy (non-hydrogen) atoms. The van der Waals surface area contributed by atoms with E-state index in [1.165, 1.54) is 0 Å². The maximum atomic E-state index is 12.2. The molecule has 2 aromatic carbocycles. The van der Waals surface area contributed by atoms with Crippen LogP contribution < -0.4 is 5.32 Å². The molecule has 1 aromatic heterocycles. The van der Waals surface area contributed by atoms with Crippen LogP contribution in [-0.4, -0.2) is 18.6 Å². The van der Waals surface area contributed by atoms with E-state index in [2.05, 4.69) is 0 Å². The summed E-state index contributed by atoms with van der Waals surface area (Å²) in [6.07, 6.45) is -3.05. The summed E-state index contributed by atoms with van der Waals surface area (Å²) in [5, 5.41) is 4.79. The summed E-state index contributed by atoms with van der Waals surface area (Å²) in [4.78, 5) is 10.8. The number of fused-ring (bicyclic) bond motifs is 3. The molecule has 0 aliphatic carbocycles. The van der Waals surface area contributed by atoms with Gasteiger partial charge in [0.2, 0.25) is 0 Å². The van der Waals surface area contributed by atoms with Crippen LogP contribution in [0.25, 0.3) is 21.7 Å². The summed E-state index contributed by atoms with van der Waals surface area (Å²) in [7, 11) is 0. The molecule has 0 spiro atoms. The summed E-state index contributed by atoms with van der Waals surface area (Å²) in [5.74, 6) is -1.93. The van der Waals surface area contributed by atoms with Crippen molar-refractivity contribution in [2.75, 3.05) is 6.54 Å². The van der Waals surface area contributed by atoms with Gasteiger partial charge in [-0.1, -0.05) is 24.3 Å². The number of rotatable bonds is 3. The average Bonchev–Trinajstić information content (AvgIpc) is 2.96. The highest BCUT2D eigenvalue weighted by Crippen LogP contribution is 2.29. The first kappa shape index (κ1) is 14.4. The molecule has 3 aromatic rings. The van der Waals surface area contributed by atoms with Crippen molar-refractivity contribution in [3.63, 3.8) is 0 Å². The van der Waals surface area contributed by atoms with Crippen LogP contribution in [0.5, 0.6) is 0 Å². The van der Waals surface area contributed by atoms with Crippen molar-refractivity contribution in [2.24, 2.45) is 0 Å². The highest BCUT2D eigenvalue weighted by Gasteiger charge is 2.38. The molecule has 0 aliphatic rings. The Morgan fingerprint density at radius 3 is 2.68 bits per heavy atom. The number of halogens is 3.